The summed E-state index contributed by atoms with van der Waals surface area (Å²) in [5.74, 6) is 0.392. The molecule has 2 aliphatic rings. The highest BCUT2D eigenvalue weighted by atomic mass is 16.7. The Morgan fingerprint density at radius 3 is 2.03 bits per heavy atom. The number of anilines is 2. The second kappa shape index (κ2) is 10.0. The van der Waals surface area contributed by atoms with Gasteiger partial charge in [-0.05, 0) is 61.0 Å². The summed E-state index contributed by atoms with van der Waals surface area (Å²) >= 11 is 0. The molecule has 3 unspecified atom stereocenters. The van der Waals surface area contributed by atoms with E-state index in [1.807, 2.05) is 37.3 Å². The zero-order valence-electron chi connectivity index (χ0n) is 21.0. The largest absolute Gasteiger partial charge is 0.494 e. The van der Waals surface area contributed by atoms with Gasteiger partial charge < -0.3 is 18.9 Å². The molecule has 3 aromatic carbocycles. The van der Waals surface area contributed by atoms with E-state index in [-0.39, 0.29) is 5.91 Å². The van der Waals surface area contributed by atoms with E-state index in [1.165, 1.54) is 26.2 Å². The van der Waals surface area contributed by atoms with Crippen molar-refractivity contribution in [3.63, 3.8) is 0 Å². The van der Waals surface area contributed by atoms with E-state index in [2.05, 4.69) is 0 Å². The van der Waals surface area contributed by atoms with Crippen molar-refractivity contribution in [1.82, 2.24) is 0 Å². The molecule has 0 spiro atoms. The Balaban J connectivity index is 1.59. The summed E-state index contributed by atoms with van der Waals surface area (Å²) < 4.78 is 22.1. The fraction of sp³-hybridized carbons (Fsp3) is 0.286. The fourth-order valence-corrected chi connectivity index (χ4v) is 4.94. The first-order valence-electron chi connectivity index (χ1n) is 11.9. The van der Waals surface area contributed by atoms with Crippen molar-refractivity contribution in [2.75, 3.05) is 37.9 Å². The fourth-order valence-electron chi connectivity index (χ4n) is 4.94. The molecular formula is C28H28N2O7. The number of hydrogen-bond acceptors (Lipinski definition) is 8. The van der Waals surface area contributed by atoms with Crippen LogP contribution in [0.25, 0.3) is 0 Å². The number of imide groups is 1. The van der Waals surface area contributed by atoms with Gasteiger partial charge in [0.25, 0.3) is 5.91 Å². The van der Waals surface area contributed by atoms with Gasteiger partial charge in [0.15, 0.2) is 17.6 Å². The Kier molecular flexibility index (Phi) is 6.62. The number of carbonyl (C=O) groups excluding carboxylic acids is 2. The van der Waals surface area contributed by atoms with E-state index < -0.39 is 24.0 Å². The lowest BCUT2D eigenvalue weighted by molar-refractivity contribution is -0.126. The molecule has 2 aliphatic heterocycles. The number of fused-ring (bicyclic) bond motifs is 1. The first-order valence-corrected chi connectivity index (χ1v) is 11.9. The summed E-state index contributed by atoms with van der Waals surface area (Å²) in [6, 6.07) is 19.2. The minimum Gasteiger partial charge on any atom is -0.494 e. The molecule has 0 radical (unpaired) electrons. The van der Waals surface area contributed by atoms with Crippen LogP contribution in [-0.4, -0.2) is 45.9 Å². The van der Waals surface area contributed by atoms with Crippen molar-refractivity contribution in [2.24, 2.45) is 5.92 Å². The topological polar surface area (TPSA) is 86.8 Å². The number of hydrogen-bond donors (Lipinski definition) is 0. The Morgan fingerprint density at radius 1 is 0.811 bits per heavy atom. The summed E-state index contributed by atoms with van der Waals surface area (Å²) in [5.41, 5.74) is 1.86. The highest BCUT2D eigenvalue weighted by Crippen LogP contribution is 2.50. The number of hydroxylamine groups is 1. The maximum absolute atomic E-state index is 13.9. The van der Waals surface area contributed by atoms with E-state index in [9.17, 15) is 9.59 Å². The van der Waals surface area contributed by atoms with Crippen LogP contribution < -0.4 is 28.9 Å². The van der Waals surface area contributed by atoms with Gasteiger partial charge in [0.1, 0.15) is 11.7 Å². The van der Waals surface area contributed by atoms with Crippen LogP contribution in [0.4, 0.5) is 11.4 Å². The molecule has 2 amide bonds. The van der Waals surface area contributed by atoms with Gasteiger partial charge in [-0.3, -0.25) is 14.4 Å². The summed E-state index contributed by atoms with van der Waals surface area (Å²) in [4.78, 5) is 34.9. The maximum Gasteiger partial charge on any atom is 0.266 e. The standard InChI is InChI=1S/C28H28N2O7/c1-5-36-20-13-11-18(12-14-20)29-27(31)23-24(17-15-21(33-2)25(35-4)22(16-17)34-3)30(37-26(23)28(29)32)19-9-7-6-8-10-19/h6-16,23-24,26H,5H2,1-4H3. The number of nitrogens with zero attached hydrogens (tertiary/aromatic N) is 2. The first kappa shape index (κ1) is 24.5. The molecule has 37 heavy (non-hydrogen) atoms. The minimum absolute atomic E-state index is 0.351. The quantitative estimate of drug-likeness (QED) is 0.423. The molecule has 2 fully saturated rings. The van der Waals surface area contributed by atoms with Crippen molar-refractivity contribution in [2.45, 2.75) is 19.1 Å². The number of methoxy groups -OCH3 is 3. The third-order valence-electron chi connectivity index (χ3n) is 6.56. The number of para-hydroxylation sites is 1. The second-order valence-corrected chi connectivity index (χ2v) is 8.56. The van der Waals surface area contributed by atoms with Crippen molar-refractivity contribution in [1.29, 1.82) is 0 Å². The zero-order valence-corrected chi connectivity index (χ0v) is 21.0. The molecule has 2 saturated heterocycles. The van der Waals surface area contributed by atoms with Gasteiger partial charge >= 0.3 is 0 Å². The SMILES string of the molecule is CCOc1ccc(N2C(=O)C3ON(c4ccccc4)C(c4cc(OC)c(OC)c(OC)c4)C3C2=O)cc1. The van der Waals surface area contributed by atoms with Gasteiger partial charge in [0.05, 0.1) is 45.4 Å². The molecule has 2 heterocycles. The highest BCUT2D eigenvalue weighted by Gasteiger charge is 2.60. The van der Waals surface area contributed by atoms with Crippen LogP contribution in [0.3, 0.4) is 0 Å². The van der Waals surface area contributed by atoms with Crippen molar-refractivity contribution in [3.05, 3.63) is 72.3 Å². The Labute approximate surface area is 215 Å². The summed E-state index contributed by atoms with van der Waals surface area (Å²) in [6.07, 6.45) is -0.997. The van der Waals surface area contributed by atoms with E-state index in [0.717, 1.165) is 0 Å². The maximum atomic E-state index is 13.9. The molecule has 0 bridgehead atoms. The first-order chi connectivity index (χ1) is 18.0. The van der Waals surface area contributed by atoms with E-state index in [1.54, 1.807) is 41.5 Å². The van der Waals surface area contributed by atoms with Crippen LogP contribution in [0.1, 0.15) is 18.5 Å². The lowest BCUT2D eigenvalue weighted by Gasteiger charge is -2.29. The van der Waals surface area contributed by atoms with Crippen LogP contribution in [-0.2, 0) is 14.4 Å². The third kappa shape index (κ3) is 4.11. The highest BCUT2D eigenvalue weighted by molar-refractivity contribution is 6.24. The van der Waals surface area contributed by atoms with Crippen molar-refractivity contribution < 1.29 is 33.4 Å². The molecule has 3 aromatic rings. The number of benzene rings is 3. The molecule has 192 valence electrons. The van der Waals surface area contributed by atoms with Crippen LogP contribution in [0.15, 0.2) is 66.7 Å². The van der Waals surface area contributed by atoms with Gasteiger partial charge in [0.2, 0.25) is 11.7 Å². The Hall–Kier alpha value is -4.24. The molecule has 0 N–H and O–H groups in total. The minimum atomic E-state index is -0.997. The average molecular weight is 505 g/mol. The van der Waals surface area contributed by atoms with Crippen LogP contribution >= 0.6 is 0 Å². The predicted octanol–water partition coefficient (Wildman–Crippen LogP) is 4.16. The van der Waals surface area contributed by atoms with Gasteiger partial charge in [-0.1, -0.05) is 18.2 Å². The average Bonchev–Trinajstić information content (AvgIpc) is 3.44. The van der Waals surface area contributed by atoms with Crippen LogP contribution in [0.5, 0.6) is 23.0 Å². The third-order valence-corrected chi connectivity index (χ3v) is 6.56. The number of amides is 2. The van der Waals surface area contributed by atoms with E-state index >= 15 is 0 Å². The Morgan fingerprint density at radius 2 is 1.46 bits per heavy atom. The van der Waals surface area contributed by atoms with Gasteiger partial charge in [0, 0.05) is 0 Å². The normalized spacial score (nSPS) is 20.7. The monoisotopic (exact) mass is 504 g/mol. The molecule has 9 nitrogen and oxygen atoms in total. The van der Waals surface area contributed by atoms with Gasteiger partial charge in [-0.25, -0.2) is 9.96 Å². The molecule has 0 saturated carbocycles. The predicted molar refractivity (Wildman–Crippen MR) is 136 cm³/mol. The lowest BCUT2D eigenvalue weighted by atomic mass is 9.90. The summed E-state index contributed by atoms with van der Waals surface area (Å²) in [5, 5.41) is 1.63. The van der Waals surface area contributed by atoms with Gasteiger partial charge in [-0.15, -0.1) is 0 Å². The van der Waals surface area contributed by atoms with Crippen LogP contribution in [0.2, 0.25) is 0 Å². The number of ether oxygens (including phenoxy) is 4. The molecule has 5 rings (SSSR count). The molecule has 0 aromatic heterocycles. The number of rotatable bonds is 8. The smallest absolute Gasteiger partial charge is 0.266 e. The summed E-state index contributed by atoms with van der Waals surface area (Å²) in [7, 11) is 4.59. The van der Waals surface area contributed by atoms with Crippen molar-refractivity contribution >= 4 is 23.2 Å². The Bertz CT molecular complexity index is 1270. The molecular weight excluding hydrogens is 476 g/mol. The lowest BCUT2D eigenvalue weighted by Crippen LogP contribution is -2.37. The van der Waals surface area contributed by atoms with Gasteiger partial charge in [-0.2, -0.15) is 0 Å². The number of carbonyl (C=O) groups is 2. The molecule has 9 heteroatoms. The van der Waals surface area contributed by atoms with Crippen molar-refractivity contribution in [3.8, 4) is 23.0 Å². The van der Waals surface area contributed by atoms with E-state index in [4.69, 9.17) is 23.8 Å². The van der Waals surface area contributed by atoms with E-state index in [0.29, 0.717) is 46.5 Å². The summed E-state index contributed by atoms with van der Waals surface area (Å²) in [6.45, 7) is 2.41. The molecule has 0 aliphatic carbocycles. The zero-order chi connectivity index (χ0) is 26.1. The van der Waals surface area contributed by atoms with Crippen LogP contribution in [0, 0.1) is 5.92 Å². The second-order valence-electron chi connectivity index (χ2n) is 8.56. The molecule has 3 atom stereocenters.